The number of esters is 1. The van der Waals surface area contributed by atoms with Gasteiger partial charge in [0.1, 0.15) is 11.7 Å². The van der Waals surface area contributed by atoms with Crippen molar-refractivity contribution in [1.82, 2.24) is 4.98 Å². The Kier molecular flexibility index (Phi) is 3.93. The number of pyridine rings is 1. The SMILES string of the molecule is COC(=O)[C@@H](N)Cc1ccc(C=O)nc1. The Labute approximate surface area is 87.3 Å². The molecule has 0 saturated carbocycles. The van der Waals surface area contributed by atoms with Gasteiger partial charge in [-0.2, -0.15) is 0 Å². The van der Waals surface area contributed by atoms with Crippen molar-refractivity contribution >= 4 is 12.3 Å². The molecule has 0 unspecified atom stereocenters. The van der Waals surface area contributed by atoms with Gasteiger partial charge >= 0.3 is 5.97 Å². The number of methoxy groups -OCH3 is 1. The Morgan fingerprint density at radius 1 is 1.67 bits per heavy atom. The van der Waals surface area contributed by atoms with E-state index in [0.717, 1.165) is 5.56 Å². The highest BCUT2D eigenvalue weighted by atomic mass is 16.5. The quantitative estimate of drug-likeness (QED) is 0.553. The molecule has 1 rings (SSSR count). The van der Waals surface area contributed by atoms with Crippen LogP contribution in [0.4, 0.5) is 0 Å². The van der Waals surface area contributed by atoms with Crippen LogP contribution >= 0.6 is 0 Å². The van der Waals surface area contributed by atoms with Crippen molar-refractivity contribution in [3.05, 3.63) is 29.6 Å². The zero-order chi connectivity index (χ0) is 11.3. The maximum Gasteiger partial charge on any atom is 0.322 e. The van der Waals surface area contributed by atoms with Crippen molar-refractivity contribution in [3.63, 3.8) is 0 Å². The summed E-state index contributed by atoms with van der Waals surface area (Å²) in [5, 5.41) is 0. The van der Waals surface area contributed by atoms with E-state index in [1.165, 1.54) is 13.3 Å². The molecule has 0 spiro atoms. The molecule has 80 valence electrons. The van der Waals surface area contributed by atoms with E-state index in [2.05, 4.69) is 9.72 Å². The summed E-state index contributed by atoms with van der Waals surface area (Å²) in [6.07, 6.45) is 2.52. The predicted octanol–water partition coefficient (Wildman–Crippen LogP) is -0.0631. The second-order valence-corrected chi connectivity index (χ2v) is 3.04. The van der Waals surface area contributed by atoms with Crippen LogP contribution in [0.3, 0.4) is 0 Å². The van der Waals surface area contributed by atoms with E-state index >= 15 is 0 Å². The number of nitrogens with two attached hydrogens (primary N) is 1. The summed E-state index contributed by atoms with van der Waals surface area (Å²) >= 11 is 0. The molecular weight excluding hydrogens is 196 g/mol. The van der Waals surface area contributed by atoms with Gasteiger partial charge in [0.15, 0.2) is 6.29 Å². The largest absolute Gasteiger partial charge is 0.468 e. The lowest BCUT2D eigenvalue weighted by Crippen LogP contribution is -2.33. The maximum absolute atomic E-state index is 11.0. The highest BCUT2D eigenvalue weighted by molar-refractivity contribution is 5.75. The van der Waals surface area contributed by atoms with Gasteiger partial charge < -0.3 is 10.5 Å². The molecule has 0 aliphatic heterocycles. The van der Waals surface area contributed by atoms with E-state index in [0.29, 0.717) is 18.4 Å². The minimum atomic E-state index is -0.695. The lowest BCUT2D eigenvalue weighted by molar-refractivity contribution is -0.142. The smallest absolute Gasteiger partial charge is 0.322 e. The van der Waals surface area contributed by atoms with Crippen LogP contribution < -0.4 is 5.73 Å². The van der Waals surface area contributed by atoms with E-state index in [4.69, 9.17) is 5.73 Å². The number of nitrogens with zero attached hydrogens (tertiary/aromatic N) is 1. The monoisotopic (exact) mass is 208 g/mol. The standard InChI is InChI=1S/C10H12N2O3/c1-15-10(14)9(11)4-7-2-3-8(6-13)12-5-7/h2-3,5-6,9H,4,11H2,1H3/t9-/m0/s1. The normalized spacial score (nSPS) is 11.9. The summed E-state index contributed by atoms with van der Waals surface area (Å²) in [7, 11) is 1.29. The fourth-order valence-corrected chi connectivity index (χ4v) is 1.12. The summed E-state index contributed by atoms with van der Waals surface area (Å²) < 4.78 is 4.49. The summed E-state index contributed by atoms with van der Waals surface area (Å²) in [6, 6.07) is 2.59. The Morgan fingerprint density at radius 3 is 2.87 bits per heavy atom. The number of aromatic nitrogens is 1. The molecule has 1 atom stereocenters. The van der Waals surface area contributed by atoms with Gasteiger partial charge in [0.2, 0.25) is 0 Å². The van der Waals surface area contributed by atoms with Crippen LogP contribution in [0.15, 0.2) is 18.3 Å². The molecule has 15 heavy (non-hydrogen) atoms. The predicted molar refractivity (Wildman–Crippen MR) is 53.3 cm³/mol. The van der Waals surface area contributed by atoms with Crippen molar-refractivity contribution in [2.24, 2.45) is 5.73 Å². The van der Waals surface area contributed by atoms with Crippen LogP contribution in [-0.2, 0) is 16.0 Å². The molecule has 0 aliphatic rings. The van der Waals surface area contributed by atoms with Gasteiger partial charge in [0, 0.05) is 6.20 Å². The van der Waals surface area contributed by atoms with E-state index in [1.807, 2.05) is 0 Å². The fraction of sp³-hybridized carbons (Fsp3) is 0.300. The van der Waals surface area contributed by atoms with E-state index in [9.17, 15) is 9.59 Å². The zero-order valence-electron chi connectivity index (χ0n) is 8.34. The van der Waals surface area contributed by atoms with Gasteiger partial charge in [-0.25, -0.2) is 0 Å². The molecule has 0 radical (unpaired) electrons. The summed E-state index contributed by atoms with van der Waals surface area (Å²) in [6.45, 7) is 0. The minimum Gasteiger partial charge on any atom is -0.468 e. The number of carbonyl (C=O) groups excluding carboxylic acids is 2. The van der Waals surface area contributed by atoms with Crippen LogP contribution in [0.1, 0.15) is 16.1 Å². The zero-order valence-corrected chi connectivity index (χ0v) is 8.34. The van der Waals surface area contributed by atoms with E-state index in [1.54, 1.807) is 12.1 Å². The summed E-state index contributed by atoms with van der Waals surface area (Å²) in [4.78, 5) is 25.2. The Morgan fingerprint density at radius 2 is 2.40 bits per heavy atom. The van der Waals surface area contributed by atoms with Crippen LogP contribution in [-0.4, -0.2) is 30.4 Å². The molecule has 5 nitrogen and oxygen atoms in total. The number of aldehydes is 1. The van der Waals surface area contributed by atoms with Crippen LogP contribution in [0.25, 0.3) is 0 Å². The Hall–Kier alpha value is -1.75. The third-order valence-corrected chi connectivity index (χ3v) is 1.93. The van der Waals surface area contributed by atoms with Gasteiger partial charge in [-0.3, -0.25) is 14.6 Å². The van der Waals surface area contributed by atoms with Gasteiger partial charge in [0.25, 0.3) is 0 Å². The molecule has 5 heteroatoms. The third kappa shape index (κ3) is 3.14. The van der Waals surface area contributed by atoms with Crippen molar-refractivity contribution in [2.75, 3.05) is 7.11 Å². The lowest BCUT2D eigenvalue weighted by atomic mass is 10.1. The molecule has 0 aromatic carbocycles. The maximum atomic E-state index is 11.0. The molecular formula is C10H12N2O3. The van der Waals surface area contributed by atoms with Gasteiger partial charge in [-0.15, -0.1) is 0 Å². The van der Waals surface area contributed by atoms with Crippen LogP contribution in [0.5, 0.6) is 0 Å². The first kappa shape index (κ1) is 11.3. The summed E-state index contributed by atoms with van der Waals surface area (Å²) in [5.41, 5.74) is 6.70. The first-order valence-corrected chi connectivity index (χ1v) is 4.41. The van der Waals surface area contributed by atoms with E-state index in [-0.39, 0.29) is 0 Å². The van der Waals surface area contributed by atoms with Gasteiger partial charge in [0.05, 0.1) is 7.11 Å². The molecule has 0 aliphatic carbocycles. The van der Waals surface area contributed by atoms with Gasteiger partial charge in [-0.05, 0) is 18.1 Å². The fourth-order valence-electron chi connectivity index (χ4n) is 1.12. The molecule has 0 bridgehead atoms. The van der Waals surface area contributed by atoms with E-state index < -0.39 is 12.0 Å². The van der Waals surface area contributed by atoms with Crippen molar-refractivity contribution < 1.29 is 14.3 Å². The van der Waals surface area contributed by atoms with Crippen molar-refractivity contribution in [2.45, 2.75) is 12.5 Å². The second kappa shape index (κ2) is 5.21. The Bertz CT molecular complexity index is 348. The Balaban J connectivity index is 2.64. The minimum absolute atomic E-state index is 0.346. The number of carbonyl (C=O) groups is 2. The second-order valence-electron chi connectivity index (χ2n) is 3.04. The molecule has 1 aromatic rings. The number of rotatable bonds is 4. The number of hydrogen-bond acceptors (Lipinski definition) is 5. The molecule has 1 heterocycles. The van der Waals surface area contributed by atoms with Crippen molar-refractivity contribution in [3.8, 4) is 0 Å². The number of hydrogen-bond donors (Lipinski definition) is 1. The highest BCUT2D eigenvalue weighted by Crippen LogP contribution is 2.02. The lowest BCUT2D eigenvalue weighted by Gasteiger charge is -2.08. The average molecular weight is 208 g/mol. The molecule has 0 fully saturated rings. The first-order valence-electron chi connectivity index (χ1n) is 4.41. The topological polar surface area (TPSA) is 82.3 Å². The molecule has 0 saturated heterocycles. The molecule has 2 N–H and O–H groups in total. The number of ether oxygens (including phenoxy) is 1. The third-order valence-electron chi connectivity index (χ3n) is 1.93. The van der Waals surface area contributed by atoms with Crippen LogP contribution in [0, 0.1) is 0 Å². The van der Waals surface area contributed by atoms with Crippen LogP contribution in [0.2, 0.25) is 0 Å². The summed E-state index contributed by atoms with van der Waals surface area (Å²) in [5.74, 6) is -0.463. The first-order chi connectivity index (χ1) is 7.17. The molecule has 1 aromatic heterocycles. The highest BCUT2D eigenvalue weighted by Gasteiger charge is 2.14. The van der Waals surface area contributed by atoms with Crippen molar-refractivity contribution in [1.29, 1.82) is 0 Å². The van der Waals surface area contributed by atoms with Gasteiger partial charge in [-0.1, -0.05) is 6.07 Å². The average Bonchev–Trinajstić information content (AvgIpc) is 2.29. The molecule has 0 amide bonds.